The lowest BCUT2D eigenvalue weighted by atomic mass is 9.87. The molecule has 0 radical (unpaired) electrons. The van der Waals surface area contributed by atoms with Gasteiger partial charge in [-0.2, -0.15) is 0 Å². The molecule has 0 fully saturated rings. The molecule has 0 unspecified atom stereocenters. The van der Waals surface area contributed by atoms with Crippen molar-refractivity contribution in [3.05, 3.63) is 70.0 Å². The summed E-state index contributed by atoms with van der Waals surface area (Å²) in [5, 5.41) is 9.46. The Labute approximate surface area is 173 Å². The smallest absolute Gasteiger partial charge is 0.191 e. The minimum absolute atomic E-state index is 0.142. The lowest BCUT2D eigenvalue weighted by Gasteiger charge is -2.19. The second kappa shape index (κ2) is 8.48. The molecule has 0 bridgehead atoms. The Kier molecular flexibility index (Phi) is 6.27. The van der Waals surface area contributed by atoms with Crippen molar-refractivity contribution < 1.29 is 4.74 Å². The number of hydrogen-bond acceptors (Lipinski definition) is 4. The van der Waals surface area contributed by atoms with Gasteiger partial charge in [0.2, 0.25) is 0 Å². The maximum absolute atomic E-state index is 5.89. The van der Waals surface area contributed by atoms with Gasteiger partial charge < -0.3 is 9.30 Å². The molecule has 0 spiro atoms. The molecule has 0 saturated heterocycles. The van der Waals surface area contributed by atoms with Crippen LogP contribution >= 0.6 is 27.7 Å². The molecule has 0 aliphatic heterocycles. The highest BCUT2D eigenvalue weighted by atomic mass is 79.9. The zero-order chi connectivity index (χ0) is 19.4. The molecule has 0 atom stereocenters. The van der Waals surface area contributed by atoms with Crippen LogP contribution in [0.1, 0.15) is 37.7 Å². The van der Waals surface area contributed by atoms with Gasteiger partial charge in [-0.15, -0.1) is 10.2 Å². The molecule has 0 N–H and O–H groups in total. The summed E-state index contributed by atoms with van der Waals surface area (Å²) in [6.07, 6.45) is 0. The van der Waals surface area contributed by atoms with Crippen molar-refractivity contribution in [1.29, 1.82) is 0 Å². The zero-order valence-corrected chi connectivity index (χ0v) is 18.5. The maximum Gasteiger partial charge on any atom is 0.191 e. The monoisotopic (exact) mass is 445 g/mol. The highest BCUT2D eigenvalue weighted by Crippen LogP contribution is 2.25. The molecule has 142 valence electrons. The number of hydrogen-bond donors (Lipinski definition) is 0. The SMILES string of the molecule is Cn1c(COc2ccc(C(C)(C)C)cc2)nnc1SCc1ccc(Br)cc1. The molecular weight excluding hydrogens is 422 g/mol. The topological polar surface area (TPSA) is 39.9 Å². The first-order valence-corrected chi connectivity index (χ1v) is 10.6. The minimum Gasteiger partial charge on any atom is -0.486 e. The third kappa shape index (κ3) is 5.36. The van der Waals surface area contributed by atoms with E-state index in [1.807, 2.05) is 23.7 Å². The van der Waals surface area contributed by atoms with E-state index in [4.69, 9.17) is 4.74 Å². The minimum atomic E-state index is 0.142. The Balaban J connectivity index is 1.57. The van der Waals surface area contributed by atoms with E-state index < -0.39 is 0 Å². The molecule has 3 aromatic rings. The summed E-state index contributed by atoms with van der Waals surface area (Å²) in [6, 6.07) is 16.6. The Morgan fingerprint density at radius 1 is 1.00 bits per heavy atom. The summed E-state index contributed by atoms with van der Waals surface area (Å²) in [5.41, 5.74) is 2.69. The van der Waals surface area contributed by atoms with Gasteiger partial charge in [0.15, 0.2) is 11.0 Å². The highest BCUT2D eigenvalue weighted by molar-refractivity contribution is 9.10. The van der Waals surface area contributed by atoms with Gasteiger partial charge in [-0.3, -0.25) is 0 Å². The predicted octanol–water partition coefficient (Wildman–Crippen LogP) is 5.75. The van der Waals surface area contributed by atoms with Gasteiger partial charge in [-0.1, -0.05) is 72.7 Å². The van der Waals surface area contributed by atoms with Crippen LogP contribution in [0, 0.1) is 0 Å². The van der Waals surface area contributed by atoms with E-state index in [9.17, 15) is 0 Å². The van der Waals surface area contributed by atoms with Crippen molar-refractivity contribution in [1.82, 2.24) is 14.8 Å². The summed E-state index contributed by atoms with van der Waals surface area (Å²) in [4.78, 5) is 0. The van der Waals surface area contributed by atoms with Crippen LogP contribution in [0.15, 0.2) is 58.2 Å². The first-order valence-electron chi connectivity index (χ1n) is 8.82. The van der Waals surface area contributed by atoms with Crippen LogP contribution in [-0.2, 0) is 24.8 Å². The Bertz CT molecular complexity index is 883. The molecule has 27 heavy (non-hydrogen) atoms. The van der Waals surface area contributed by atoms with Crippen LogP contribution in [0.3, 0.4) is 0 Å². The summed E-state index contributed by atoms with van der Waals surface area (Å²) in [5.74, 6) is 2.51. The summed E-state index contributed by atoms with van der Waals surface area (Å²) in [7, 11) is 1.98. The van der Waals surface area contributed by atoms with Crippen LogP contribution in [-0.4, -0.2) is 14.8 Å². The van der Waals surface area contributed by atoms with Crippen LogP contribution in [0.5, 0.6) is 5.75 Å². The van der Waals surface area contributed by atoms with Gasteiger partial charge in [0, 0.05) is 17.3 Å². The van der Waals surface area contributed by atoms with Crippen molar-refractivity contribution in [2.75, 3.05) is 0 Å². The lowest BCUT2D eigenvalue weighted by molar-refractivity contribution is 0.290. The second-order valence-corrected chi connectivity index (χ2v) is 9.29. The van der Waals surface area contributed by atoms with Crippen molar-refractivity contribution in [3.63, 3.8) is 0 Å². The van der Waals surface area contributed by atoms with E-state index >= 15 is 0 Å². The van der Waals surface area contributed by atoms with Gasteiger partial charge in [0.05, 0.1) is 0 Å². The van der Waals surface area contributed by atoms with Crippen molar-refractivity contribution in [3.8, 4) is 5.75 Å². The van der Waals surface area contributed by atoms with E-state index in [0.29, 0.717) is 6.61 Å². The Hall–Kier alpha value is -1.79. The molecule has 0 saturated carbocycles. The third-order valence-electron chi connectivity index (χ3n) is 4.29. The fraction of sp³-hybridized carbons (Fsp3) is 0.333. The molecule has 4 nitrogen and oxygen atoms in total. The molecular formula is C21H24BrN3OS. The Morgan fingerprint density at radius 3 is 2.30 bits per heavy atom. The molecule has 0 amide bonds. The number of halogens is 1. The quantitative estimate of drug-likeness (QED) is 0.453. The second-order valence-electron chi connectivity index (χ2n) is 7.44. The first-order chi connectivity index (χ1) is 12.8. The number of ether oxygens (including phenoxy) is 1. The normalized spacial score (nSPS) is 11.6. The van der Waals surface area contributed by atoms with Crippen LogP contribution in [0.2, 0.25) is 0 Å². The molecule has 6 heteroatoms. The van der Waals surface area contributed by atoms with Gasteiger partial charge in [0.25, 0.3) is 0 Å². The van der Waals surface area contributed by atoms with E-state index in [-0.39, 0.29) is 5.41 Å². The van der Waals surface area contributed by atoms with E-state index in [1.54, 1.807) is 11.8 Å². The Morgan fingerprint density at radius 2 is 1.67 bits per heavy atom. The van der Waals surface area contributed by atoms with Gasteiger partial charge in [0.1, 0.15) is 12.4 Å². The largest absolute Gasteiger partial charge is 0.486 e. The maximum atomic E-state index is 5.89. The lowest BCUT2D eigenvalue weighted by Crippen LogP contribution is -2.10. The fourth-order valence-corrected chi connectivity index (χ4v) is 3.67. The molecule has 0 aliphatic carbocycles. The first kappa shape index (κ1) is 20.0. The van der Waals surface area contributed by atoms with E-state index in [1.165, 1.54) is 11.1 Å². The van der Waals surface area contributed by atoms with Crippen LogP contribution < -0.4 is 4.74 Å². The molecule has 1 heterocycles. The van der Waals surface area contributed by atoms with Gasteiger partial charge in [-0.05, 0) is 40.8 Å². The molecule has 3 rings (SSSR count). The van der Waals surface area contributed by atoms with E-state index in [2.05, 4.69) is 83.3 Å². The average Bonchev–Trinajstić information content (AvgIpc) is 2.99. The zero-order valence-electron chi connectivity index (χ0n) is 16.1. The number of aromatic nitrogens is 3. The number of benzene rings is 2. The fourth-order valence-electron chi connectivity index (χ4n) is 2.52. The average molecular weight is 446 g/mol. The number of thioether (sulfide) groups is 1. The van der Waals surface area contributed by atoms with Crippen molar-refractivity contribution in [2.45, 2.75) is 43.7 Å². The van der Waals surface area contributed by atoms with Crippen LogP contribution in [0.25, 0.3) is 0 Å². The number of rotatable bonds is 6. The predicted molar refractivity (Wildman–Crippen MR) is 114 cm³/mol. The standard InChI is InChI=1S/C21H24BrN3OS/c1-21(2,3)16-7-11-18(12-8-16)26-13-19-23-24-20(25(19)4)27-14-15-5-9-17(22)10-6-15/h5-12H,13-14H2,1-4H3. The summed E-state index contributed by atoms with van der Waals surface area (Å²) >= 11 is 5.13. The van der Waals surface area contributed by atoms with Crippen LogP contribution in [0.4, 0.5) is 0 Å². The molecule has 0 aliphatic rings. The highest BCUT2D eigenvalue weighted by Gasteiger charge is 2.14. The van der Waals surface area contributed by atoms with E-state index in [0.717, 1.165) is 27.0 Å². The van der Waals surface area contributed by atoms with Crippen molar-refractivity contribution in [2.24, 2.45) is 7.05 Å². The van der Waals surface area contributed by atoms with Gasteiger partial charge >= 0.3 is 0 Å². The molecule has 1 aromatic heterocycles. The van der Waals surface area contributed by atoms with Crippen molar-refractivity contribution >= 4 is 27.7 Å². The van der Waals surface area contributed by atoms with Gasteiger partial charge in [-0.25, -0.2) is 0 Å². The summed E-state index contributed by atoms with van der Waals surface area (Å²) in [6.45, 7) is 7.01. The third-order valence-corrected chi connectivity index (χ3v) is 5.91. The summed E-state index contributed by atoms with van der Waals surface area (Å²) < 4.78 is 8.97. The molecule has 2 aromatic carbocycles. The number of nitrogens with zero attached hydrogens (tertiary/aromatic N) is 3.